The summed E-state index contributed by atoms with van der Waals surface area (Å²) in [6.07, 6.45) is 7.48. The number of aliphatic hydroxyl groups excluding tert-OH is 1. The summed E-state index contributed by atoms with van der Waals surface area (Å²) in [6, 6.07) is 13.1. The molecule has 1 atom stereocenters. The molecule has 0 bridgehead atoms. The maximum Gasteiger partial charge on any atom is 0.295 e. The van der Waals surface area contributed by atoms with E-state index in [9.17, 15) is 14.7 Å². The molecule has 4 rings (SSSR count). The van der Waals surface area contributed by atoms with Crippen molar-refractivity contribution in [2.45, 2.75) is 19.0 Å². The van der Waals surface area contributed by atoms with E-state index in [-0.39, 0.29) is 11.3 Å². The number of hydrogen-bond acceptors (Lipinski definition) is 6. The zero-order chi connectivity index (χ0) is 24.8. The molecule has 1 amide bonds. The molecule has 1 N–H and O–H groups in total. The van der Waals surface area contributed by atoms with Crippen LogP contribution < -0.4 is 9.47 Å². The Balaban J connectivity index is 1.70. The number of aliphatic hydroxyl groups is 1. The van der Waals surface area contributed by atoms with Crippen LogP contribution in [0.4, 0.5) is 0 Å². The van der Waals surface area contributed by atoms with Crippen LogP contribution in [0.3, 0.4) is 0 Å². The Hall–Kier alpha value is -4.33. The first-order valence-corrected chi connectivity index (χ1v) is 11.3. The van der Waals surface area contributed by atoms with Gasteiger partial charge in [0.05, 0.1) is 25.1 Å². The summed E-state index contributed by atoms with van der Waals surface area (Å²) in [6.45, 7) is 4.94. The first-order valence-electron chi connectivity index (χ1n) is 11.3. The Morgan fingerprint density at radius 3 is 2.63 bits per heavy atom. The van der Waals surface area contributed by atoms with E-state index in [4.69, 9.17) is 9.47 Å². The van der Waals surface area contributed by atoms with Crippen LogP contribution in [-0.4, -0.2) is 51.5 Å². The van der Waals surface area contributed by atoms with Crippen molar-refractivity contribution < 1.29 is 24.2 Å². The van der Waals surface area contributed by atoms with E-state index < -0.39 is 17.7 Å². The molecule has 0 spiro atoms. The van der Waals surface area contributed by atoms with Gasteiger partial charge in [0.2, 0.25) is 0 Å². The number of Topliss-reactive ketones (excluding diaryl/α,β-unsaturated/α-hetero) is 1. The van der Waals surface area contributed by atoms with Gasteiger partial charge in [0.25, 0.3) is 11.7 Å². The highest BCUT2D eigenvalue weighted by Gasteiger charge is 2.45. The second-order valence-corrected chi connectivity index (χ2v) is 8.05. The fourth-order valence-corrected chi connectivity index (χ4v) is 4.13. The smallest absolute Gasteiger partial charge is 0.295 e. The van der Waals surface area contributed by atoms with Crippen molar-refractivity contribution in [1.82, 2.24) is 14.5 Å². The van der Waals surface area contributed by atoms with Gasteiger partial charge in [-0.2, -0.15) is 0 Å². The molecule has 1 fully saturated rings. The summed E-state index contributed by atoms with van der Waals surface area (Å²) in [7, 11) is 1.55. The molecule has 1 aromatic heterocycles. The molecule has 0 unspecified atom stereocenters. The number of aryl methyl sites for hydroxylation is 1. The molecule has 3 aromatic rings. The number of hydrogen-bond donors (Lipinski definition) is 1. The minimum absolute atomic E-state index is 0.0469. The van der Waals surface area contributed by atoms with Crippen LogP contribution in [-0.2, 0) is 16.1 Å². The zero-order valence-corrected chi connectivity index (χ0v) is 19.5. The van der Waals surface area contributed by atoms with Gasteiger partial charge in [0, 0.05) is 31.0 Å². The summed E-state index contributed by atoms with van der Waals surface area (Å²) >= 11 is 0. The summed E-state index contributed by atoms with van der Waals surface area (Å²) in [5.74, 6) is -0.398. The van der Waals surface area contributed by atoms with Crippen molar-refractivity contribution in [2.24, 2.45) is 0 Å². The van der Waals surface area contributed by atoms with Gasteiger partial charge >= 0.3 is 0 Å². The molecule has 1 saturated heterocycles. The molecule has 2 heterocycles. The van der Waals surface area contributed by atoms with Crippen molar-refractivity contribution >= 4 is 17.4 Å². The first-order chi connectivity index (χ1) is 17.0. The maximum atomic E-state index is 13.2. The number of carbonyl (C=O) groups is 2. The highest BCUT2D eigenvalue weighted by atomic mass is 16.5. The average molecular weight is 474 g/mol. The number of ether oxygens (including phenoxy) is 2. The number of nitrogens with zero attached hydrogens (tertiary/aromatic N) is 3. The molecule has 0 radical (unpaired) electrons. The van der Waals surface area contributed by atoms with Crippen LogP contribution in [0.15, 0.2) is 85.5 Å². The highest BCUT2D eigenvalue weighted by molar-refractivity contribution is 6.46. The van der Waals surface area contributed by atoms with Crippen molar-refractivity contribution in [2.75, 3.05) is 20.3 Å². The largest absolute Gasteiger partial charge is 0.507 e. The van der Waals surface area contributed by atoms with Crippen LogP contribution in [0, 0.1) is 0 Å². The van der Waals surface area contributed by atoms with Crippen LogP contribution in [0.25, 0.3) is 5.76 Å². The van der Waals surface area contributed by atoms with E-state index in [0.717, 1.165) is 0 Å². The molecular weight excluding hydrogens is 446 g/mol. The number of likely N-dealkylation sites (tertiary alicyclic amines) is 1. The minimum Gasteiger partial charge on any atom is -0.507 e. The van der Waals surface area contributed by atoms with Gasteiger partial charge in [-0.1, -0.05) is 24.8 Å². The van der Waals surface area contributed by atoms with E-state index in [0.29, 0.717) is 48.7 Å². The van der Waals surface area contributed by atoms with E-state index in [1.165, 1.54) is 4.90 Å². The predicted molar refractivity (Wildman–Crippen MR) is 131 cm³/mol. The van der Waals surface area contributed by atoms with E-state index in [1.54, 1.807) is 68.2 Å². The van der Waals surface area contributed by atoms with Gasteiger partial charge in [-0.3, -0.25) is 9.59 Å². The molecular formula is C27H27N3O5. The lowest BCUT2D eigenvalue weighted by Gasteiger charge is -2.25. The second-order valence-electron chi connectivity index (χ2n) is 8.05. The highest BCUT2D eigenvalue weighted by Crippen LogP contribution is 2.40. The number of aromatic nitrogens is 2. The van der Waals surface area contributed by atoms with Gasteiger partial charge < -0.3 is 24.0 Å². The topological polar surface area (TPSA) is 93.9 Å². The fraction of sp³-hybridized carbons (Fsp3) is 0.222. The average Bonchev–Trinajstić information content (AvgIpc) is 3.49. The molecule has 35 heavy (non-hydrogen) atoms. The van der Waals surface area contributed by atoms with Gasteiger partial charge in [-0.05, 0) is 48.4 Å². The van der Waals surface area contributed by atoms with Crippen LogP contribution in [0.1, 0.15) is 23.6 Å². The summed E-state index contributed by atoms with van der Waals surface area (Å²) in [5, 5.41) is 11.2. The zero-order valence-electron chi connectivity index (χ0n) is 19.5. The minimum atomic E-state index is -0.746. The van der Waals surface area contributed by atoms with Crippen LogP contribution in [0.2, 0.25) is 0 Å². The van der Waals surface area contributed by atoms with Crippen LogP contribution in [0.5, 0.6) is 11.5 Å². The summed E-state index contributed by atoms with van der Waals surface area (Å²) < 4.78 is 12.8. The lowest BCUT2D eigenvalue weighted by atomic mass is 9.95. The fourth-order valence-electron chi connectivity index (χ4n) is 4.13. The number of methoxy groups -OCH3 is 1. The molecule has 1 aliphatic rings. The quantitative estimate of drug-likeness (QED) is 0.207. The van der Waals surface area contributed by atoms with Crippen LogP contribution >= 0.6 is 0 Å². The van der Waals surface area contributed by atoms with Crippen molar-refractivity contribution in [1.29, 1.82) is 0 Å². The van der Waals surface area contributed by atoms with E-state index in [1.807, 2.05) is 16.8 Å². The number of amides is 1. The Morgan fingerprint density at radius 2 is 1.94 bits per heavy atom. The standard InChI is InChI=1S/C27H27N3O5/c1-3-16-35-21-10-8-19(9-11-21)25(31)23-24(20-6-4-7-22(17-20)34-2)30(27(33)26(23)32)14-5-13-29-15-12-28-18-29/h3-4,6-12,15,17-18,24,31H,1,5,13-14,16H2,2H3/t24-/m0/s1. The Labute approximate surface area is 203 Å². The SMILES string of the molecule is C=CCOc1ccc(C(O)=C2C(=O)C(=O)N(CCCn3ccnc3)[C@H]2c2cccc(OC)c2)cc1. The van der Waals surface area contributed by atoms with E-state index in [2.05, 4.69) is 11.6 Å². The molecule has 180 valence electrons. The normalized spacial score (nSPS) is 16.9. The molecule has 1 aliphatic heterocycles. The third kappa shape index (κ3) is 5.11. The van der Waals surface area contributed by atoms with Crippen molar-refractivity contribution in [3.63, 3.8) is 0 Å². The summed E-state index contributed by atoms with van der Waals surface area (Å²) in [5.41, 5.74) is 1.14. The molecule has 2 aromatic carbocycles. The number of carbonyl (C=O) groups excluding carboxylic acids is 2. The molecule has 0 aliphatic carbocycles. The van der Waals surface area contributed by atoms with Gasteiger partial charge in [-0.25, -0.2) is 4.98 Å². The Bertz CT molecular complexity index is 1230. The predicted octanol–water partition coefficient (Wildman–Crippen LogP) is 3.97. The molecule has 8 nitrogen and oxygen atoms in total. The lowest BCUT2D eigenvalue weighted by molar-refractivity contribution is -0.139. The van der Waals surface area contributed by atoms with Crippen molar-refractivity contribution in [3.8, 4) is 11.5 Å². The monoisotopic (exact) mass is 473 g/mol. The Kier molecular flexibility index (Phi) is 7.30. The molecule has 8 heteroatoms. The summed E-state index contributed by atoms with van der Waals surface area (Å²) in [4.78, 5) is 31.8. The van der Waals surface area contributed by atoms with Crippen molar-refractivity contribution in [3.05, 3.63) is 96.6 Å². The van der Waals surface area contributed by atoms with Gasteiger partial charge in [-0.15, -0.1) is 0 Å². The number of rotatable bonds is 10. The molecule has 0 saturated carbocycles. The lowest BCUT2D eigenvalue weighted by Crippen LogP contribution is -2.31. The number of ketones is 1. The van der Waals surface area contributed by atoms with Gasteiger partial charge in [0.15, 0.2) is 0 Å². The number of benzene rings is 2. The third-order valence-electron chi connectivity index (χ3n) is 5.82. The van der Waals surface area contributed by atoms with E-state index >= 15 is 0 Å². The number of imidazole rings is 1. The second kappa shape index (κ2) is 10.7. The first kappa shape index (κ1) is 23.8. The maximum absolute atomic E-state index is 13.2. The van der Waals surface area contributed by atoms with Gasteiger partial charge in [0.1, 0.15) is 23.9 Å². The third-order valence-corrected chi connectivity index (χ3v) is 5.82. The Morgan fingerprint density at radius 1 is 1.14 bits per heavy atom.